The standard InChI is InChI=1S/C32H42N6O3/c1-21(33-2)30(39)35-29(22-11-6-5-7-12-22)31(40)37-16-10-15-27(37)24-17-23(18-34-19-24)26-20-38(32(41)36(3)4)28-14-9-8-13-25(26)28/h8-9,13-14,17-22,27,29,33H,5-7,10-12,15-16H2,1-4H3,(H,35,39). The van der Waals surface area contributed by atoms with Crippen LogP contribution in [0.2, 0.25) is 0 Å². The number of rotatable bonds is 7. The monoisotopic (exact) mass is 558 g/mol. The number of nitrogens with zero attached hydrogens (tertiary/aromatic N) is 4. The number of carbonyl (C=O) groups is 3. The maximum absolute atomic E-state index is 14.2. The first-order chi connectivity index (χ1) is 19.8. The van der Waals surface area contributed by atoms with Crippen molar-refractivity contribution in [1.29, 1.82) is 0 Å². The molecule has 3 aromatic rings. The number of amides is 3. The van der Waals surface area contributed by atoms with Crippen LogP contribution in [0.1, 0.15) is 63.5 Å². The highest BCUT2D eigenvalue weighted by atomic mass is 16.2. The van der Waals surface area contributed by atoms with Gasteiger partial charge in [0.25, 0.3) is 0 Å². The highest BCUT2D eigenvalue weighted by molar-refractivity contribution is 6.01. The van der Waals surface area contributed by atoms with Crippen molar-refractivity contribution in [2.24, 2.45) is 5.92 Å². The molecule has 3 unspecified atom stereocenters. The Bertz CT molecular complexity index is 1410. The number of fused-ring (bicyclic) bond motifs is 1. The summed E-state index contributed by atoms with van der Waals surface area (Å²) in [6.07, 6.45) is 12.6. The second-order valence-corrected chi connectivity index (χ2v) is 11.7. The molecule has 0 spiro atoms. The maximum Gasteiger partial charge on any atom is 0.328 e. The lowest BCUT2D eigenvalue weighted by atomic mass is 9.83. The molecule has 5 rings (SSSR count). The Morgan fingerprint density at radius 2 is 1.78 bits per heavy atom. The van der Waals surface area contributed by atoms with Crippen LogP contribution in [0.4, 0.5) is 4.79 Å². The van der Waals surface area contributed by atoms with Gasteiger partial charge in [-0.15, -0.1) is 0 Å². The minimum atomic E-state index is -0.523. The molecule has 1 aliphatic heterocycles. The Balaban J connectivity index is 1.46. The zero-order chi connectivity index (χ0) is 29.1. The van der Waals surface area contributed by atoms with Crippen LogP contribution in [0.5, 0.6) is 0 Å². The molecule has 2 N–H and O–H groups in total. The molecule has 1 aromatic carbocycles. The normalized spacial score (nSPS) is 19.2. The van der Waals surface area contributed by atoms with Crippen LogP contribution in [0.15, 0.2) is 48.9 Å². The highest BCUT2D eigenvalue weighted by Crippen LogP contribution is 2.37. The van der Waals surface area contributed by atoms with E-state index in [-0.39, 0.29) is 35.8 Å². The predicted molar refractivity (Wildman–Crippen MR) is 160 cm³/mol. The SMILES string of the molecule is CNC(C)C(=O)NC(C(=O)N1CCCC1c1cncc(-c2cn(C(=O)N(C)C)c3ccccc23)c1)C1CCCCC1. The van der Waals surface area contributed by atoms with Crippen molar-refractivity contribution in [2.75, 3.05) is 27.7 Å². The van der Waals surface area contributed by atoms with E-state index < -0.39 is 6.04 Å². The topological polar surface area (TPSA) is 99.6 Å². The van der Waals surface area contributed by atoms with Gasteiger partial charge in [-0.1, -0.05) is 37.5 Å². The quantitative estimate of drug-likeness (QED) is 0.443. The minimum Gasteiger partial charge on any atom is -0.343 e. The molecule has 1 saturated carbocycles. The fourth-order valence-electron chi connectivity index (χ4n) is 6.38. The van der Waals surface area contributed by atoms with Gasteiger partial charge >= 0.3 is 6.03 Å². The third-order valence-corrected chi connectivity index (χ3v) is 8.80. The van der Waals surface area contributed by atoms with Crippen LogP contribution in [0, 0.1) is 5.92 Å². The Hall–Kier alpha value is -3.72. The number of benzene rings is 1. The first kappa shape index (κ1) is 28.8. The summed E-state index contributed by atoms with van der Waals surface area (Å²) in [7, 11) is 5.24. The third-order valence-electron chi connectivity index (χ3n) is 8.80. The van der Waals surface area contributed by atoms with E-state index >= 15 is 0 Å². The van der Waals surface area contributed by atoms with E-state index in [9.17, 15) is 14.4 Å². The molecule has 2 aromatic heterocycles. The third kappa shape index (κ3) is 5.86. The molecule has 3 heterocycles. The van der Waals surface area contributed by atoms with Crippen molar-refractivity contribution in [1.82, 2.24) is 30.0 Å². The lowest BCUT2D eigenvalue weighted by molar-refractivity contribution is -0.139. The molecule has 9 heteroatoms. The maximum atomic E-state index is 14.2. The average molecular weight is 559 g/mol. The van der Waals surface area contributed by atoms with E-state index in [2.05, 4.69) is 21.7 Å². The molecular weight excluding hydrogens is 516 g/mol. The second kappa shape index (κ2) is 12.4. The summed E-state index contributed by atoms with van der Waals surface area (Å²) in [5.74, 6) is 0.0180. The smallest absolute Gasteiger partial charge is 0.328 e. The summed E-state index contributed by atoms with van der Waals surface area (Å²) < 4.78 is 1.67. The van der Waals surface area contributed by atoms with Crippen molar-refractivity contribution in [2.45, 2.75) is 70.0 Å². The molecule has 3 amide bonds. The van der Waals surface area contributed by atoms with E-state index in [1.54, 1.807) is 30.6 Å². The molecule has 3 atom stereocenters. The number of likely N-dealkylation sites (N-methyl/N-ethyl adjacent to an activating group) is 1. The van der Waals surface area contributed by atoms with Crippen molar-refractivity contribution < 1.29 is 14.4 Å². The molecule has 41 heavy (non-hydrogen) atoms. The Labute approximate surface area is 242 Å². The van der Waals surface area contributed by atoms with Gasteiger partial charge in [0.1, 0.15) is 6.04 Å². The molecule has 0 bridgehead atoms. The molecule has 9 nitrogen and oxygen atoms in total. The van der Waals surface area contributed by atoms with Gasteiger partial charge in [0.05, 0.1) is 17.6 Å². The zero-order valence-electron chi connectivity index (χ0n) is 24.6. The molecule has 1 aliphatic carbocycles. The number of carbonyl (C=O) groups excluding carboxylic acids is 3. The summed E-state index contributed by atoms with van der Waals surface area (Å²) in [6, 6.07) is 8.85. The summed E-state index contributed by atoms with van der Waals surface area (Å²) in [5, 5.41) is 7.09. The van der Waals surface area contributed by atoms with Gasteiger partial charge in [0.2, 0.25) is 11.8 Å². The molecular formula is C32H42N6O3. The lowest BCUT2D eigenvalue weighted by Gasteiger charge is -2.35. The number of aromatic nitrogens is 2. The van der Waals surface area contributed by atoms with E-state index in [0.29, 0.717) is 6.54 Å². The number of para-hydroxylation sites is 1. The van der Waals surface area contributed by atoms with Gasteiger partial charge in [0.15, 0.2) is 0 Å². The average Bonchev–Trinajstić information content (AvgIpc) is 3.65. The van der Waals surface area contributed by atoms with Crippen LogP contribution >= 0.6 is 0 Å². The first-order valence-corrected chi connectivity index (χ1v) is 14.8. The molecule has 2 fully saturated rings. The molecule has 0 radical (unpaired) electrons. The van der Waals surface area contributed by atoms with Crippen molar-refractivity contribution in [3.63, 3.8) is 0 Å². The summed E-state index contributed by atoms with van der Waals surface area (Å²) in [5.41, 5.74) is 3.64. The van der Waals surface area contributed by atoms with Gasteiger partial charge in [-0.25, -0.2) is 4.79 Å². The van der Waals surface area contributed by atoms with Crippen LogP contribution in [0.25, 0.3) is 22.0 Å². The van der Waals surface area contributed by atoms with Crippen LogP contribution in [-0.4, -0.2) is 77.0 Å². The Morgan fingerprint density at radius 1 is 1.02 bits per heavy atom. The Morgan fingerprint density at radius 3 is 2.51 bits per heavy atom. The van der Waals surface area contributed by atoms with E-state index in [1.807, 2.05) is 54.7 Å². The van der Waals surface area contributed by atoms with Crippen molar-refractivity contribution in [3.05, 3.63) is 54.5 Å². The number of hydrogen-bond donors (Lipinski definition) is 2. The van der Waals surface area contributed by atoms with Gasteiger partial charge in [-0.3, -0.25) is 19.1 Å². The van der Waals surface area contributed by atoms with Crippen molar-refractivity contribution >= 4 is 28.7 Å². The van der Waals surface area contributed by atoms with Gasteiger partial charge in [-0.2, -0.15) is 0 Å². The molecule has 1 saturated heterocycles. The fourth-order valence-corrected chi connectivity index (χ4v) is 6.38. The van der Waals surface area contributed by atoms with E-state index in [4.69, 9.17) is 0 Å². The molecule has 218 valence electrons. The van der Waals surface area contributed by atoms with Crippen LogP contribution in [0.3, 0.4) is 0 Å². The van der Waals surface area contributed by atoms with Gasteiger partial charge in [-0.05, 0) is 63.3 Å². The van der Waals surface area contributed by atoms with Crippen LogP contribution in [-0.2, 0) is 9.59 Å². The Kier molecular flexibility index (Phi) is 8.73. The zero-order valence-corrected chi connectivity index (χ0v) is 24.6. The fraction of sp³-hybridized carbons (Fsp3) is 0.500. The largest absolute Gasteiger partial charge is 0.343 e. The first-order valence-electron chi connectivity index (χ1n) is 14.8. The van der Waals surface area contributed by atoms with E-state index in [1.165, 1.54) is 6.42 Å². The number of hydrogen-bond acceptors (Lipinski definition) is 5. The summed E-state index contributed by atoms with van der Waals surface area (Å²) >= 11 is 0. The number of nitrogens with one attached hydrogen (secondary N) is 2. The molecule has 2 aliphatic rings. The van der Waals surface area contributed by atoms with E-state index in [0.717, 1.165) is 66.1 Å². The summed E-state index contributed by atoms with van der Waals surface area (Å²) in [4.78, 5) is 48.1. The van der Waals surface area contributed by atoms with Gasteiger partial charge < -0.3 is 20.4 Å². The predicted octanol–water partition coefficient (Wildman–Crippen LogP) is 4.57. The van der Waals surface area contributed by atoms with Gasteiger partial charge in [0, 0.05) is 55.7 Å². The van der Waals surface area contributed by atoms with Crippen molar-refractivity contribution in [3.8, 4) is 11.1 Å². The number of likely N-dealkylation sites (tertiary alicyclic amines) is 1. The highest BCUT2D eigenvalue weighted by Gasteiger charge is 2.39. The summed E-state index contributed by atoms with van der Waals surface area (Å²) in [6.45, 7) is 2.47. The second-order valence-electron chi connectivity index (χ2n) is 11.7. The minimum absolute atomic E-state index is 0.00892. The lowest BCUT2D eigenvalue weighted by Crippen LogP contribution is -2.55. The van der Waals surface area contributed by atoms with Crippen LogP contribution < -0.4 is 10.6 Å². The number of pyridine rings is 1.